The molecule has 2 aliphatic rings. The monoisotopic (exact) mass is 494 g/mol. The second kappa shape index (κ2) is 10.3. The van der Waals surface area contributed by atoms with E-state index in [1.165, 1.54) is 25.2 Å². The van der Waals surface area contributed by atoms with Crippen LogP contribution in [0.15, 0.2) is 48.8 Å². The van der Waals surface area contributed by atoms with Crippen molar-refractivity contribution in [2.75, 3.05) is 18.9 Å². The lowest BCUT2D eigenvalue weighted by Crippen LogP contribution is -2.21. The molecular formula is C27H28ClFN4O2. The van der Waals surface area contributed by atoms with Crippen molar-refractivity contribution >= 4 is 34.1 Å². The van der Waals surface area contributed by atoms with Crippen molar-refractivity contribution in [3.05, 3.63) is 59.7 Å². The topological polar surface area (TPSA) is 67.4 Å². The van der Waals surface area contributed by atoms with Gasteiger partial charge in [0.15, 0.2) is 0 Å². The molecule has 3 aromatic rings. The van der Waals surface area contributed by atoms with Gasteiger partial charge in [0, 0.05) is 35.7 Å². The zero-order chi connectivity index (χ0) is 24.4. The Morgan fingerprint density at radius 3 is 2.74 bits per heavy atom. The number of nitrogens with one attached hydrogen (secondary N) is 1. The minimum Gasteiger partial charge on any atom is -0.488 e. The van der Waals surface area contributed by atoms with Crippen LogP contribution in [0.2, 0.25) is 5.02 Å². The van der Waals surface area contributed by atoms with Gasteiger partial charge in [-0.05, 0) is 69.8 Å². The molecule has 2 saturated carbocycles. The number of carbonyl (C=O) groups is 1. The average molecular weight is 495 g/mol. The highest BCUT2D eigenvalue weighted by Crippen LogP contribution is 2.37. The van der Waals surface area contributed by atoms with Gasteiger partial charge < -0.3 is 10.1 Å². The van der Waals surface area contributed by atoms with E-state index in [2.05, 4.69) is 27.2 Å². The number of hydrogen-bond acceptors (Lipinski definition) is 5. The SMILES string of the molecule is CN(CC=CC(=O)Nc1cc2c(-c3ccc(F)c(Cl)c3)ncnc2cc1OC1CCCC1)C1CC1. The zero-order valence-corrected chi connectivity index (χ0v) is 20.4. The average Bonchev–Trinajstić information content (AvgIpc) is 3.58. The van der Waals surface area contributed by atoms with Crippen molar-refractivity contribution in [2.24, 2.45) is 0 Å². The van der Waals surface area contributed by atoms with Crippen LogP contribution in [0.3, 0.4) is 0 Å². The highest BCUT2D eigenvalue weighted by Gasteiger charge is 2.25. The molecule has 0 unspecified atom stereocenters. The Balaban J connectivity index is 1.47. The molecule has 35 heavy (non-hydrogen) atoms. The second-order valence-electron chi connectivity index (χ2n) is 9.30. The molecule has 0 atom stereocenters. The number of hydrogen-bond donors (Lipinski definition) is 1. The minimum absolute atomic E-state index is 0.0188. The largest absolute Gasteiger partial charge is 0.488 e. The molecule has 1 aromatic heterocycles. The van der Waals surface area contributed by atoms with E-state index in [4.69, 9.17) is 16.3 Å². The van der Waals surface area contributed by atoms with Crippen LogP contribution in [0.4, 0.5) is 10.1 Å². The Hall–Kier alpha value is -3.03. The Labute approximate surface area is 209 Å². The summed E-state index contributed by atoms with van der Waals surface area (Å²) >= 11 is 6.02. The third-order valence-corrected chi connectivity index (χ3v) is 6.91. The third-order valence-electron chi connectivity index (χ3n) is 6.62. The molecule has 1 N–H and O–H groups in total. The van der Waals surface area contributed by atoms with Gasteiger partial charge in [-0.2, -0.15) is 0 Å². The first-order chi connectivity index (χ1) is 17.0. The number of fused-ring (bicyclic) bond motifs is 1. The molecule has 1 heterocycles. The first-order valence-corrected chi connectivity index (χ1v) is 12.4. The maximum Gasteiger partial charge on any atom is 0.248 e. The summed E-state index contributed by atoms with van der Waals surface area (Å²) in [6.45, 7) is 0.727. The Kier molecular flexibility index (Phi) is 6.97. The van der Waals surface area contributed by atoms with E-state index in [0.29, 0.717) is 39.6 Å². The van der Waals surface area contributed by atoms with Gasteiger partial charge in [-0.25, -0.2) is 14.4 Å². The number of anilines is 1. The van der Waals surface area contributed by atoms with Gasteiger partial charge in [-0.1, -0.05) is 17.7 Å². The molecule has 5 rings (SSSR count). The summed E-state index contributed by atoms with van der Waals surface area (Å²) in [4.78, 5) is 23.9. The standard InChI is InChI=1S/C27H28ClFN4O2/c1-33(18-9-10-18)12-4-7-26(34)32-24-14-20-23(15-25(24)35-19-5-2-3-6-19)30-16-31-27(20)17-8-11-22(29)21(28)13-17/h4,7-8,11,13-16,18-19H,2-3,5-6,9-10,12H2,1H3,(H,32,34). The summed E-state index contributed by atoms with van der Waals surface area (Å²) < 4.78 is 20.0. The quantitative estimate of drug-likeness (QED) is 0.389. The van der Waals surface area contributed by atoms with E-state index in [-0.39, 0.29) is 17.0 Å². The summed E-state index contributed by atoms with van der Waals surface area (Å²) in [6, 6.07) is 8.78. The summed E-state index contributed by atoms with van der Waals surface area (Å²) in [5.74, 6) is -0.135. The smallest absolute Gasteiger partial charge is 0.248 e. The maximum absolute atomic E-state index is 13.7. The summed E-state index contributed by atoms with van der Waals surface area (Å²) in [5.41, 5.74) is 2.48. The Bertz CT molecular complexity index is 1270. The summed E-state index contributed by atoms with van der Waals surface area (Å²) in [7, 11) is 2.07. The van der Waals surface area contributed by atoms with Gasteiger partial charge in [-0.3, -0.25) is 9.69 Å². The second-order valence-corrected chi connectivity index (χ2v) is 9.71. The molecule has 2 aliphatic carbocycles. The van der Waals surface area contributed by atoms with Crippen molar-refractivity contribution in [3.63, 3.8) is 0 Å². The van der Waals surface area contributed by atoms with Gasteiger partial charge in [-0.15, -0.1) is 0 Å². The lowest BCUT2D eigenvalue weighted by atomic mass is 10.1. The number of ether oxygens (including phenoxy) is 1. The number of benzene rings is 2. The first-order valence-electron chi connectivity index (χ1n) is 12.1. The third kappa shape index (κ3) is 5.63. The highest BCUT2D eigenvalue weighted by molar-refractivity contribution is 6.31. The van der Waals surface area contributed by atoms with E-state index in [1.807, 2.05) is 18.2 Å². The van der Waals surface area contributed by atoms with Gasteiger partial charge in [0.1, 0.15) is 17.9 Å². The zero-order valence-electron chi connectivity index (χ0n) is 19.6. The lowest BCUT2D eigenvalue weighted by Gasteiger charge is -2.18. The van der Waals surface area contributed by atoms with Crippen LogP contribution >= 0.6 is 11.6 Å². The highest BCUT2D eigenvalue weighted by atomic mass is 35.5. The van der Waals surface area contributed by atoms with Crippen molar-refractivity contribution in [1.29, 1.82) is 0 Å². The normalized spacial score (nSPS) is 16.5. The van der Waals surface area contributed by atoms with E-state index >= 15 is 0 Å². The van der Waals surface area contributed by atoms with Crippen LogP contribution in [0.5, 0.6) is 5.75 Å². The van der Waals surface area contributed by atoms with Crippen molar-refractivity contribution in [2.45, 2.75) is 50.7 Å². The molecule has 182 valence electrons. The minimum atomic E-state index is -0.493. The number of nitrogens with zero attached hydrogens (tertiary/aromatic N) is 3. The summed E-state index contributed by atoms with van der Waals surface area (Å²) in [5, 5.41) is 3.71. The van der Waals surface area contributed by atoms with Crippen molar-refractivity contribution in [3.8, 4) is 17.0 Å². The maximum atomic E-state index is 13.7. The first kappa shape index (κ1) is 23.7. The van der Waals surface area contributed by atoms with Gasteiger partial charge >= 0.3 is 0 Å². The van der Waals surface area contributed by atoms with E-state index in [1.54, 1.807) is 18.2 Å². The number of aromatic nitrogens is 2. The molecule has 2 fully saturated rings. The Morgan fingerprint density at radius 1 is 1.20 bits per heavy atom. The predicted octanol–water partition coefficient (Wildman–Crippen LogP) is 6.00. The molecule has 0 aliphatic heterocycles. The molecule has 0 radical (unpaired) electrons. The van der Waals surface area contributed by atoms with E-state index in [9.17, 15) is 9.18 Å². The van der Waals surface area contributed by atoms with Crippen LogP contribution in [-0.4, -0.2) is 46.5 Å². The molecular weight excluding hydrogens is 467 g/mol. The van der Waals surface area contributed by atoms with Crippen LogP contribution in [0.25, 0.3) is 22.2 Å². The number of likely N-dealkylation sites (N-methyl/N-ethyl adjacent to an activating group) is 1. The fraction of sp³-hybridized carbons (Fsp3) is 0.370. The molecule has 1 amide bonds. The number of amides is 1. The molecule has 0 saturated heterocycles. The molecule has 6 nitrogen and oxygen atoms in total. The molecule has 8 heteroatoms. The van der Waals surface area contributed by atoms with Crippen LogP contribution in [0, 0.1) is 5.82 Å². The number of rotatable bonds is 8. The van der Waals surface area contributed by atoms with Gasteiger partial charge in [0.2, 0.25) is 5.91 Å². The van der Waals surface area contributed by atoms with Crippen molar-refractivity contribution < 1.29 is 13.9 Å². The van der Waals surface area contributed by atoms with E-state index in [0.717, 1.165) is 32.2 Å². The Morgan fingerprint density at radius 2 is 2.00 bits per heavy atom. The molecule has 0 spiro atoms. The molecule has 0 bridgehead atoms. The van der Waals surface area contributed by atoms with Gasteiger partial charge in [0.05, 0.1) is 28.0 Å². The predicted molar refractivity (Wildman–Crippen MR) is 136 cm³/mol. The molecule has 2 aromatic carbocycles. The van der Waals surface area contributed by atoms with Crippen LogP contribution in [-0.2, 0) is 4.79 Å². The van der Waals surface area contributed by atoms with Crippen LogP contribution in [0.1, 0.15) is 38.5 Å². The van der Waals surface area contributed by atoms with Crippen LogP contribution < -0.4 is 10.1 Å². The van der Waals surface area contributed by atoms with E-state index < -0.39 is 5.82 Å². The number of halogens is 2. The van der Waals surface area contributed by atoms with Gasteiger partial charge in [0.25, 0.3) is 0 Å². The lowest BCUT2D eigenvalue weighted by molar-refractivity contribution is -0.111. The number of carbonyl (C=O) groups excluding carboxylic acids is 1. The fourth-order valence-corrected chi connectivity index (χ4v) is 4.68. The summed E-state index contributed by atoms with van der Waals surface area (Å²) in [6.07, 6.45) is 11.7. The fourth-order valence-electron chi connectivity index (χ4n) is 4.50. The van der Waals surface area contributed by atoms with Crippen molar-refractivity contribution in [1.82, 2.24) is 14.9 Å².